The van der Waals surface area contributed by atoms with E-state index in [2.05, 4.69) is 10.3 Å². The van der Waals surface area contributed by atoms with Crippen molar-refractivity contribution < 1.29 is 23.8 Å². The highest BCUT2D eigenvalue weighted by molar-refractivity contribution is 6.48. The fourth-order valence-corrected chi connectivity index (χ4v) is 2.89. The van der Waals surface area contributed by atoms with Crippen LogP contribution in [0, 0.1) is 0 Å². The van der Waals surface area contributed by atoms with Crippen LogP contribution in [0.2, 0.25) is 15.1 Å². The molecule has 0 bridgehead atoms. The van der Waals surface area contributed by atoms with Crippen LogP contribution in [-0.4, -0.2) is 30.3 Å². The highest BCUT2D eigenvalue weighted by Crippen LogP contribution is 2.34. The van der Waals surface area contributed by atoms with Crippen molar-refractivity contribution in [3.63, 3.8) is 0 Å². The molecule has 1 atom stereocenters. The highest BCUT2D eigenvalue weighted by atomic mass is 35.5. The van der Waals surface area contributed by atoms with Gasteiger partial charge in [0.1, 0.15) is 0 Å². The number of aromatic nitrogens is 1. The first-order valence-corrected chi connectivity index (χ1v) is 8.85. The van der Waals surface area contributed by atoms with Crippen molar-refractivity contribution in [2.75, 3.05) is 13.4 Å². The second kappa shape index (κ2) is 8.21. The van der Waals surface area contributed by atoms with Crippen molar-refractivity contribution in [2.45, 2.75) is 13.0 Å². The predicted octanol–water partition coefficient (Wildman–Crippen LogP) is 3.80. The van der Waals surface area contributed by atoms with E-state index in [1.54, 1.807) is 19.1 Å². The number of ether oxygens (including phenoxy) is 3. The average Bonchev–Trinajstić information content (AvgIpc) is 3.12. The fraction of sp³-hybridized carbons (Fsp3) is 0.235. The Bertz CT molecular complexity index is 906. The molecule has 10 heteroatoms. The molecule has 1 amide bonds. The van der Waals surface area contributed by atoms with Gasteiger partial charge < -0.3 is 19.5 Å². The number of fused-ring (bicyclic) bond motifs is 1. The topological polar surface area (TPSA) is 86.8 Å². The van der Waals surface area contributed by atoms with E-state index in [1.807, 2.05) is 6.07 Å². The molecule has 2 aromatic rings. The largest absolute Gasteiger partial charge is 0.454 e. The summed E-state index contributed by atoms with van der Waals surface area (Å²) in [5.41, 5.74) is 0.593. The van der Waals surface area contributed by atoms with E-state index in [-0.39, 0.29) is 33.6 Å². The van der Waals surface area contributed by atoms with Crippen molar-refractivity contribution in [2.24, 2.45) is 0 Å². The summed E-state index contributed by atoms with van der Waals surface area (Å²) in [5, 5.41) is 2.67. The minimum atomic E-state index is -0.885. The molecule has 1 aliphatic heterocycles. The van der Waals surface area contributed by atoms with Crippen LogP contribution in [0.5, 0.6) is 11.5 Å². The number of rotatable bonds is 5. The van der Waals surface area contributed by atoms with Gasteiger partial charge in [0.25, 0.3) is 5.91 Å². The number of benzene rings is 1. The number of amides is 1. The normalized spacial score (nSPS) is 13.2. The van der Waals surface area contributed by atoms with Gasteiger partial charge in [-0.15, -0.1) is 0 Å². The Labute approximate surface area is 169 Å². The molecule has 27 heavy (non-hydrogen) atoms. The molecule has 0 spiro atoms. The standard InChI is InChI=1S/C17H13Cl3N2O5/c1-8(9-2-3-11-12(4-9)27-7-26-11)22-13(23)6-25-17(24)16-15(20)14(19)10(18)5-21-16/h2-5,8H,6-7H2,1H3,(H,22,23)/t8-/m0/s1. The van der Waals surface area contributed by atoms with E-state index in [9.17, 15) is 9.59 Å². The molecule has 3 rings (SSSR count). The summed E-state index contributed by atoms with van der Waals surface area (Å²) in [4.78, 5) is 27.9. The van der Waals surface area contributed by atoms with Gasteiger partial charge in [0.15, 0.2) is 23.8 Å². The Morgan fingerprint density at radius 1 is 1.22 bits per heavy atom. The van der Waals surface area contributed by atoms with Gasteiger partial charge in [0.2, 0.25) is 6.79 Å². The molecule has 0 saturated carbocycles. The summed E-state index contributed by atoms with van der Waals surface area (Å²) >= 11 is 17.5. The first kappa shape index (κ1) is 19.5. The van der Waals surface area contributed by atoms with Gasteiger partial charge >= 0.3 is 5.97 Å². The summed E-state index contributed by atoms with van der Waals surface area (Å²) in [6, 6.07) is 5.01. The maximum Gasteiger partial charge on any atom is 0.359 e. The van der Waals surface area contributed by atoms with Crippen molar-refractivity contribution in [1.82, 2.24) is 10.3 Å². The first-order valence-electron chi connectivity index (χ1n) is 7.72. The number of halogens is 3. The van der Waals surface area contributed by atoms with E-state index in [0.717, 1.165) is 5.56 Å². The lowest BCUT2D eigenvalue weighted by Gasteiger charge is -2.15. The number of nitrogens with zero attached hydrogens (tertiary/aromatic N) is 1. The summed E-state index contributed by atoms with van der Waals surface area (Å²) in [5.74, 6) is -0.119. The van der Waals surface area contributed by atoms with Crippen LogP contribution in [0.4, 0.5) is 0 Å². The Hall–Kier alpha value is -2.22. The van der Waals surface area contributed by atoms with Crippen molar-refractivity contribution in [1.29, 1.82) is 0 Å². The third-order valence-electron chi connectivity index (χ3n) is 3.72. The molecular weight excluding hydrogens is 419 g/mol. The van der Waals surface area contributed by atoms with Crippen molar-refractivity contribution in [3.8, 4) is 11.5 Å². The minimum Gasteiger partial charge on any atom is -0.454 e. The number of pyridine rings is 1. The Morgan fingerprint density at radius 3 is 2.74 bits per heavy atom. The first-order chi connectivity index (χ1) is 12.9. The van der Waals surface area contributed by atoms with Crippen LogP contribution in [0.25, 0.3) is 0 Å². The zero-order valence-corrected chi connectivity index (χ0v) is 16.2. The second-order valence-corrected chi connectivity index (χ2v) is 6.72. The Kier molecular flexibility index (Phi) is 5.94. The third kappa shape index (κ3) is 4.37. The highest BCUT2D eigenvalue weighted by Gasteiger charge is 2.21. The van der Waals surface area contributed by atoms with Gasteiger partial charge in [-0.3, -0.25) is 4.79 Å². The molecule has 0 unspecified atom stereocenters. The zero-order chi connectivity index (χ0) is 19.6. The van der Waals surface area contributed by atoms with Crippen LogP contribution in [0.3, 0.4) is 0 Å². The summed E-state index contributed by atoms with van der Waals surface area (Å²) in [7, 11) is 0. The third-order valence-corrected chi connectivity index (χ3v) is 4.96. The molecule has 0 fully saturated rings. The van der Waals surface area contributed by atoms with E-state index in [4.69, 9.17) is 49.0 Å². The summed E-state index contributed by atoms with van der Waals surface area (Å²) in [6.45, 7) is 1.45. The minimum absolute atomic E-state index is 0.0128. The monoisotopic (exact) mass is 430 g/mol. The molecule has 0 saturated heterocycles. The number of carbonyl (C=O) groups is 2. The quantitative estimate of drug-likeness (QED) is 0.725. The summed E-state index contributed by atoms with van der Waals surface area (Å²) < 4.78 is 15.5. The molecule has 1 N–H and O–H groups in total. The number of nitrogens with one attached hydrogen (secondary N) is 1. The van der Waals surface area contributed by atoms with Gasteiger partial charge in [-0.05, 0) is 24.6 Å². The van der Waals surface area contributed by atoms with E-state index in [1.165, 1.54) is 6.20 Å². The molecule has 0 aliphatic carbocycles. The smallest absolute Gasteiger partial charge is 0.359 e. The van der Waals surface area contributed by atoms with Crippen molar-refractivity contribution >= 4 is 46.7 Å². The Balaban J connectivity index is 1.56. The maximum absolute atomic E-state index is 12.1. The second-order valence-electron chi connectivity index (χ2n) is 5.56. The molecule has 1 aliphatic rings. The van der Waals surface area contributed by atoms with Crippen LogP contribution in [-0.2, 0) is 9.53 Å². The molecule has 7 nitrogen and oxygen atoms in total. The van der Waals surface area contributed by atoms with Crippen molar-refractivity contribution in [3.05, 3.63) is 50.7 Å². The lowest BCUT2D eigenvalue weighted by atomic mass is 10.1. The molecule has 0 radical (unpaired) electrons. The molecule has 1 aromatic carbocycles. The lowest BCUT2D eigenvalue weighted by Crippen LogP contribution is -2.31. The van der Waals surface area contributed by atoms with Crippen LogP contribution in [0.15, 0.2) is 24.4 Å². The van der Waals surface area contributed by atoms with E-state index < -0.39 is 18.5 Å². The molecule has 142 valence electrons. The predicted molar refractivity (Wildman–Crippen MR) is 98.7 cm³/mol. The van der Waals surface area contributed by atoms with Gasteiger partial charge in [-0.25, -0.2) is 9.78 Å². The lowest BCUT2D eigenvalue weighted by molar-refractivity contribution is -0.124. The van der Waals surface area contributed by atoms with Gasteiger partial charge in [-0.2, -0.15) is 0 Å². The Morgan fingerprint density at radius 2 is 1.96 bits per heavy atom. The van der Waals surface area contributed by atoms with Gasteiger partial charge in [-0.1, -0.05) is 40.9 Å². The van der Waals surface area contributed by atoms with E-state index in [0.29, 0.717) is 11.5 Å². The SMILES string of the molecule is C[C@H](NC(=O)COC(=O)c1ncc(Cl)c(Cl)c1Cl)c1ccc2c(c1)OCO2. The molecular formula is C17H13Cl3N2O5. The van der Waals surface area contributed by atoms with Crippen LogP contribution < -0.4 is 14.8 Å². The number of hydrogen-bond acceptors (Lipinski definition) is 6. The number of carbonyl (C=O) groups excluding carboxylic acids is 2. The summed E-state index contributed by atoms with van der Waals surface area (Å²) in [6.07, 6.45) is 1.17. The fourth-order valence-electron chi connectivity index (χ4n) is 2.33. The molecule has 2 heterocycles. The number of esters is 1. The average molecular weight is 432 g/mol. The zero-order valence-electron chi connectivity index (χ0n) is 13.9. The van der Waals surface area contributed by atoms with Crippen LogP contribution in [0.1, 0.15) is 29.0 Å². The van der Waals surface area contributed by atoms with Gasteiger partial charge in [0.05, 0.1) is 21.1 Å². The van der Waals surface area contributed by atoms with Crippen LogP contribution >= 0.6 is 34.8 Å². The van der Waals surface area contributed by atoms with E-state index >= 15 is 0 Å². The van der Waals surface area contributed by atoms with Gasteiger partial charge in [0, 0.05) is 6.20 Å². The number of hydrogen-bond donors (Lipinski definition) is 1. The molecule has 1 aromatic heterocycles. The maximum atomic E-state index is 12.1.